The molecule has 0 aromatic heterocycles. The van der Waals surface area contributed by atoms with Crippen molar-refractivity contribution < 1.29 is 29.0 Å². The largest absolute Gasteiger partial charge is 0.465 e. The molecule has 0 aliphatic carbocycles. The number of likely N-dealkylation sites (tertiary alicyclic amines) is 1. The van der Waals surface area contributed by atoms with Crippen LogP contribution in [0.2, 0.25) is 5.02 Å². The first-order valence-electron chi connectivity index (χ1n) is 13.8. The van der Waals surface area contributed by atoms with Crippen molar-refractivity contribution >= 4 is 35.1 Å². The number of rotatable bonds is 13. The number of carbonyl (C=O) groups excluding carboxylic acids is 3. The monoisotopic (exact) mass is 558 g/mol. The molecule has 1 N–H and O–H groups in total. The minimum absolute atomic E-state index is 0.198. The lowest BCUT2D eigenvalue weighted by Crippen LogP contribution is -2.59. The summed E-state index contributed by atoms with van der Waals surface area (Å²) < 4.78 is 12.4. The number of aliphatic hydroxyl groups excluding tert-OH is 1. The Morgan fingerprint density at radius 1 is 1.26 bits per heavy atom. The summed E-state index contributed by atoms with van der Waals surface area (Å²) in [6.45, 7) is 11.4. The smallest absolute Gasteiger partial charge is 0.312 e. The van der Waals surface area contributed by atoms with E-state index in [2.05, 4.69) is 13.2 Å². The summed E-state index contributed by atoms with van der Waals surface area (Å²) in [5.41, 5.74) is -1.49. The molecule has 4 rings (SSSR count). The van der Waals surface area contributed by atoms with Gasteiger partial charge in [0, 0.05) is 17.3 Å². The second-order valence-corrected chi connectivity index (χ2v) is 11.1. The van der Waals surface area contributed by atoms with Crippen LogP contribution in [-0.4, -0.2) is 70.8 Å². The minimum atomic E-state index is -1.20. The van der Waals surface area contributed by atoms with Crippen molar-refractivity contribution in [2.45, 2.75) is 75.7 Å². The number of fused-ring (bicyclic) bond motifs is 1. The van der Waals surface area contributed by atoms with E-state index in [1.165, 1.54) is 4.90 Å². The number of unbranched alkanes of at least 4 members (excludes halogenated alkanes) is 1. The second-order valence-electron chi connectivity index (χ2n) is 10.6. The van der Waals surface area contributed by atoms with Gasteiger partial charge in [0.05, 0.1) is 30.8 Å². The number of benzene rings is 1. The Bertz CT molecular complexity index is 1110. The Labute approximate surface area is 235 Å². The Hall–Kier alpha value is -2.68. The van der Waals surface area contributed by atoms with E-state index in [0.29, 0.717) is 49.2 Å². The number of anilines is 1. The van der Waals surface area contributed by atoms with Gasteiger partial charge in [-0.15, -0.1) is 13.2 Å². The third-order valence-corrected chi connectivity index (χ3v) is 8.95. The van der Waals surface area contributed by atoms with Gasteiger partial charge < -0.3 is 24.4 Å². The normalized spacial score (nSPS) is 29.7. The van der Waals surface area contributed by atoms with Gasteiger partial charge in [-0.05, 0) is 62.8 Å². The highest BCUT2D eigenvalue weighted by molar-refractivity contribution is 6.30. The molecule has 39 heavy (non-hydrogen) atoms. The maximum Gasteiger partial charge on any atom is 0.312 e. The molecule has 1 aromatic carbocycles. The molecule has 2 unspecified atom stereocenters. The SMILES string of the molecule is C=CCCCOC(=O)[C@H]1[C@H]2C(=O)N([C@@H](CC)CO)C(C(=O)N(CC=C)c3ccc(Cl)cc3)C23CC[C@]1(CC)O3. The number of nitrogens with zero attached hydrogens (tertiary/aromatic N) is 2. The van der Waals surface area contributed by atoms with Crippen molar-refractivity contribution in [1.82, 2.24) is 4.90 Å². The molecule has 1 spiro atoms. The summed E-state index contributed by atoms with van der Waals surface area (Å²) in [6.07, 6.45) is 6.67. The molecule has 0 radical (unpaired) electrons. The van der Waals surface area contributed by atoms with Crippen molar-refractivity contribution in [1.29, 1.82) is 0 Å². The van der Waals surface area contributed by atoms with Crippen LogP contribution in [0.1, 0.15) is 52.4 Å². The molecule has 3 saturated heterocycles. The van der Waals surface area contributed by atoms with Crippen LogP contribution in [0, 0.1) is 11.8 Å². The lowest BCUT2D eigenvalue weighted by molar-refractivity contribution is -0.162. The highest BCUT2D eigenvalue weighted by Gasteiger charge is 2.79. The van der Waals surface area contributed by atoms with Crippen molar-refractivity contribution in [2.24, 2.45) is 11.8 Å². The number of esters is 1. The van der Waals surface area contributed by atoms with Crippen LogP contribution < -0.4 is 4.90 Å². The van der Waals surface area contributed by atoms with E-state index in [0.717, 1.165) is 0 Å². The van der Waals surface area contributed by atoms with Gasteiger partial charge >= 0.3 is 5.97 Å². The van der Waals surface area contributed by atoms with Crippen LogP contribution in [0.3, 0.4) is 0 Å². The molecule has 2 bridgehead atoms. The number of halogens is 1. The molecule has 9 heteroatoms. The fraction of sp³-hybridized carbons (Fsp3) is 0.567. The quantitative estimate of drug-likeness (QED) is 0.220. The van der Waals surface area contributed by atoms with Gasteiger partial charge in [-0.25, -0.2) is 0 Å². The molecule has 3 aliphatic heterocycles. The van der Waals surface area contributed by atoms with Gasteiger partial charge in [0.15, 0.2) is 0 Å². The molecule has 1 aromatic rings. The standard InChI is InChI=1S/C30H39ClN2O6/c1-5-9-10-18-38-28(37)24-23-26(35)33(21(7-3)19-34)25(30(23)16-15-29(24,8-4)39-30)27(36)32(17-6-2)22-13-11-20(31)12-14-22/h5-6,11-14,21,23-25,34H,1-2,7-10,15-19H2,3-4H3/t21-,23-,24+,25?,29-,30?/m0/s1. The molecule has 3 aliphatic rings. The number of carbonyl (C=O) groups is 3. The topological polar surface area (TPSA) is 96.4 Å². The zero-order valence-corrected chi connectivity index (χ0v) is 23.6. The molecule has 6 atom stereocenters. The average molecular weight is 559 g/mol. The van der Waals surface area contributed by atoms with Crippen molar-refractivity contribution in [3.05, 3.63) is 54.6 Å². The molecule has 3 heterocycles. The summed E-state index contributed by atoms with van der Waals surface area (Å²) >= 11 is 6.10. The first kappa shape index (κ1) is 29.3. The van der Waals surface area contributed by atoms with E-state index in [9.17, 15) is 19.5 Å². The lowest BCUT2D eigenvalue weighted by atomic mass is 9.65. The fourth-order valence-corrected chi connectivity index (χ4v) is 6.94. The first-order valence-corrected chi connectivity index (χ1v) is 14.2. The van der Waals surface area contributed by atoms with Crippen molar-refractivity contribution in [3.63, 3.8) is 0 Å². The third kappa shape index (κ3) is 4.81. The van der Waals surface area contributed by atoms with Gasteiger partial charge in [0.2, 0.25) is 5.91 Å². The van der Waals surface area contributed by atoms with Crippen LogP contribution >= 0.6 is 11.6 Å². The van der Waals surface area contributed by atoms with E-state index in [1.807, 2.05) is 13.8 Å². The first-order chi connectivity index (χ1) is 18.7. The van der Waals surface area contributed by atoms with Gasteiger partial charge in [0.25, 0.3) is 5.91 Å². The van der Waals surface area contributed by atoms with E-state index in [4.69, 9.17) is 21.1 Å². The molecule has 8 nitrogen and oxygen atoms in total. The van der Waals surface area contributed by atoms with Gasteiger partial charge in [-0.1, -0.05) is 37.6 Å². The molecule has 0 saturated carbocycles. The molecule has 2 amide bonds. The van der Waals surface area contributed by atoms with E-state index in [-0.39, 0.29) is 31.6 Å². The van der Waals surface area contributed by atoms with E-state index >= 15 is 0 Å². The number of amides is 2. The predicted molar refractivity (Wildman–Crippen MR) is 149 cm³/mol. The number of allylic oxidation sites excluding steroid dienone is 1. The van der Waals surface area contributed by atoms with Crippen LogP contribution in [-0.2, 0) is 23.9 Å². The van der Waals surface area contributed by atoms with Crippen LogP contribution in [0.4, 0.5) is 5.69 Å². The molecule has 3 fully saturated rings. The zero-order chi connectivity index (χ0) is 28.4. The Kier molecular flexibility index (Phi) is 8.88. The molecule has 212 valence electrons. The van der Waals surface area contributed by atoms with E-state index in [1.54, 1.807) is 41.3 Å². The van der Waals surface area contributed by atoms with Crippen LogP contribution in [0.5, 0.6) is 0 Å². The number of ether oxygens (including phenoxy) is 2. The third-order valence-electron chi connectivity index (χ3n) is 8.69. The highest BCUT2D eigenvalue weighted by atomic mass is 35.5. The average Bonchev–Trinajstić information content (AvgIpc) is 3.55. The van der Waals surface area contributed by atoms with E-state index < -0.39 is 41.1 Å². The fourth-order valence-electron chi connectivity index (χ4n) is 6.81. The van der Waals surface area contributed by atoms with Gasteiger partial charge in [-0.2, -0.15) is 0 Å². The summed E-state index contributed by atoms with van der Waals surface area (Å²) in [6, 6.07) is 5.26. The summed E-state index contributed by atoms with van der Waals surface area (Å²) in [5, 5.41) is 10.8. The highest BCUT2D eigenvalue weighted by Crippen LogP contribution is 2.65. The zero-order valence-electron chi connectivity index (χ0n) is 22.8. The molecular weight excluding hydrogens is 520 g/mol. The summed E-state index contributed by atoms with van der Waals surface area (Å²) in [7, 11) is 0. The second kappa shape index (κ2) is 11.8. The Balaban J connectivity index is 1.79. The van der Waals surface area contributed by atoms with Crippen LogP contribution in [0.15, 0.2) is 49.6 Å². The summed E-state index contributed by atoms with van der Waals surface area (Å²) in [5.74, 6) is -2.85. The molecular formula is C30H39ClN2O6. The number of hydrogen-bond acceptors (Lipinski definition) is 6. The lowest BCUT2D eigenvalue weighted by Gasteiger charge is -2.39. The maximum atomic E-state index is 14.5. The van der Waals surface area contributed by atoms with Crippen molar-refractivity contribution in [2.75, 3.05) is 24.7 Å². The number of hydrogen-bond donors (Lipinski definition) is 1. The van der Waals surface area contributed by atoms with Gasteiger partial charge in [0.1, 0.15) is 17.6 Å². The summed E-state index contributed by atoms with van der Waals surface area (Å²) in [4.78, 5) is 45.4. The predicted octanol–water partition coefficient (Wildman–Crippen LogP) is 4.29. The van der Waals surface area contributed by atoms with Gasteiger partial charge in [-0.3, -0.25) is 14.4 Å². The maximum absolute atomic E-state index is 14.5. The van der Waals surface area contributed by atoms with Crippen molar-refractivity contribution in [3.8, 4) is 0 Å². The Morgan fingerprint density at radius 3 is 2.56 bits per heavy atom. The number of aliphatic hydroxyl groups is 1. The Morgan fingerprint density at radius 2 is 1.97 bits per heavy atom. The van der Waals surface area contributed by atoms with Crippen LogP contribution in [0.25, 0.3) is 0 Å². The minimum Gasteiger partial charge on any atom is -0.465 e.